The Bertz CT molecular complexity index is 228. The molecule has 0 bridgehead atoms. The number of nitrogens with two attached hydrogens (primary N) is 1. The molecule has 2 N–H and O–H groups in total. The molecule has 0 unspecified atom stereocenters. The molecule has 5 nitrogen and oxygen atoms in total. The highest BCUT2D eigenvalue weighted by atomic mass is 16.5. The molecule has 1 heterocycles. The molecule has 5 heteroatoms. The minimum atomic E-state index is 0.243. The van der Waals surface area contributed by atoms with Crippen molar-refractivity contribution in [2.45, 2.75) is 38.2 Å². The molecule has 0 saturated carbocycles. The van der Waals surface area contributed by atoms with Gasteiger partial charge in [-0.15, -0.1) is 0 Å². The molecule has 1 aliphatic heterocycles. The third-order valence-corrected chi connectivity index (χ3v) is 3.24. The highest BCUT2D eigenvalue weighted by Gasteiger charge is 2.22. The van der Waals surface area contributed by atoms with Crippen LogP contribution >= 0.6 is 0 Å². The predicted molar refractivity (Wildman–Crippen MR) is 70.3 cm³/mol. The van der Waals surface area contributed by atoms with Gasteiger partial charge in [-0.25, -0.2) is 0 Å². The van der Waals surface area contributed by atoms with Crippen molar-refractivity contribution in [2.24, 2.45) is 5.73 Å². The van der Waals surface area contributed by atoms with Crippen LogP contribution in [0.4, 0.5) is 0 Å². The van der Waals surface area contributed by atoms with Gasteiger partial charge >= 0.3 is 0 Å². The summed E-state index contributed by atoms with van der Waals surface area (Å²) in [7, 11) is 1.66. The number of nitrogens with zero attached hydrogens (tertiary/aromatic N) is 1. The lowest BCUT2D eigenvalue weighted by Gasteiger charge is -2.32. The minimum absolute atomic E-state index is 0.243. The largest absolute Gasteiger partial charge is 0.385 e. The van der Waals surface area contributed by atoms with Gasteiger partial charge in [0, 0.05) is 39.8 Å². The molecule has 1 rings (SSSR count). The first-order valence-electron chi connectivity index (χ1n) is 6.86. The van der Waals surface area contributed by atoms with Gasteiger partial charge < -0.3 is 20.1 Å². The van der Waals surface area contributed by atoms with Crippen molar-refractivity contribution >= 4 is 5.91 Å². The second kappa shape index (κ2) is 9.30. The molecule has 1 amide bonds. The first-order chi connectivity index (χ1) is 8.77. The summed E-state index contributed by atoms with van der Waals surface area (Å²) in [5.41, 5.74) is 5.42. The van der Waals surface area contributed by atoms with Gasteiger partial charge in [-0.05, 0) is 32.2 Å². The van der Waals surface area contributed by atoms with Crippen LogP contribution in [0.3, 0.4) is 0 Å². The number of hydrogen-bond acceptors (Lipinski definition) is 4. The van der Waals surface area contributed by atoms with Crippen LogP contribution in [-0.2, 0) is 14.3 Å². The van der Waals surface area contributed by atoms with Gasteiger partial charge in [0.15, 0.2) is 0 Å². The van der Waals surface area contributed by atoms with Gasteiger partial charge in [-0.3, -0.25) is 4.79 Å². The summed E-state index contributed by atoms with van der Waals surface area (Å²) in [6.45, 7) is 3.71. The fourth-order valence-corrected chi connectivity index (χ4v) is 2.13. The topological polar surface area (TPSA) is 64.8 Å². The van der Waals surface area contributed by atoms with Gasteiger partial charge in [-0.1, -0.05) is 0 Å². The van der Waals surface area contributed by atoms with E-state index in [4.69, 9.17) is 15.2 Å². The van der Waals surface area contributed by atoms with Gasteiger partial charge in [-0.2, -0.15) is 0 Å². The number of rotatable bonds is 8. The molecule has 0 radical (unpaired) electrons. The van der Waals surface area contributed by atoms with E-state index in [0.717, 1.165) is 45.4 Å². The smallest absolute Gasteiger partial charge is 0.222 e. The predicted octanol–water partition coefficient (Wildman–Crippen LogP) is 0.769. The van der Waals surface area contributed by atoms with E-state index in [2.05, 4.69) is 0 Å². The van der Waals surface area contributed by atoms with E-state index >= 15 is 0 Å². The molecule has 0 aromatic carbocycles. The van der Waals surface area contributed by atoms with Crippen molar-refractivity contribution < 1.29 is 14.3 Å². The fourth-order valence-electron chi connectivity index (χ4n) is 2.13. The van der Waals surface area contributed by atoms with Gasteiger partial charge in [0.2, 0.25) is 5.91 Å². The lowest BCUT2D eigenvalue weighted by atomic mass is 10.1. The minimum Gasteiger partial charge on any atom is -0.385 e. The Labute approximate surface area is 110 Å². The number of carbonyl (C=O) groups excluding carboxylic acids is 1. The van der Waals surface area contributed by atoms with Crippen molar-refractivity contribution in [1.29, 1.82) is 0 Å². The van der Waals surface area contributed by atoms with Gasteiger partial charge in [0.05, 0.1) is 6.10 Å². The number of likely N-dealkylation sites (tertiary alicyclic amines) is 1. The molecule has 106 valence electrons. The summed E-state index contributed by atoms with van der Waals surface area (Å²) in [5, 5.41) is 0. The summed E-state index contributed by atoms with van der Waals surface area (Å²) in [6, 6.07) is 0. The van der Waals surface area contributed by atoms with Crippen molar-refractivity contribution in [3.05, 3.63) is 0 Å². The van der Waals surface area contributed by atoms with E-state index in [1.54, 1.807) is 7.11 Å². The molecule has 1 aliphatic rings. The Balaban J connectivity index is 2.12. The second-order valence-electron chi connectivity index (χ2n) is 4.69. The highest BCUT2D eigenvalue weighted by Crippen LogP contribution is 2.15. The van der Waals surface area contributed by atoms with E-state index < -0.39 is 0 Å². The van der Waals surface area contributed by atoms with Crippen molar-refractivity contribution in [3.8, 4) is 0 Å². The van der Waals surface area contributed by atoms with Gasteiger partial charge in [0.25, 0.3) is 0 Å². The first kappa shape index (κ1) is 15.4. The zero-order valence-corrected chi connectivity index (χ0v) is 11.4. The average Bonchev–Trinajstić information content (AvgIpc) is 2.40. The Kier molecular flexibility index (Phi) is 7.96. The lowest BCUT2D eigenvalue weighted by Crippen LogP contribution is -2.41. The zero-order valence-electron chi connectivity index (χ0n) is 11.4. The van der Waals surface area contributed by atoms with Crippen LogP contribution in [-0.4, -0.2) is 56.9 Å². The lowest BCUT2D eigenvalue weighted by molar-refractivity contribution is -0.134. The standard InChI is InChI=1S/C13H26N2O3/c1-17-10-2-4-13(16)15-8-5-12(6-9-15)18-11-3-7-14/h12H,2-11,14H2,1H3. The van der Waals surface area contributed by atoms with Crippen LogP contribution < -0.4 is 5.73 Å². The number of methoxy groups -OCH3 is 1. The number of ether oxygens (including phenoxy) is 2. The van der Waals surface area contributed by atoms with Crippen molar-refractivity contribution in [1.82, 2.24) is 4.90 Å². The quantitative estimate of drug-likeness (QED) is 0.653. The Morgan fingerprint density at radius 1 is 1.28 bits per heavy atom. The SMILES string of the molecule is COCCCC(=O)N1CCC(OCCCN)CC1. The summed E-state index contributed by atoms with van der Waals surface area (Å²) in [4.78, 5) is 13.8. The summed E-state index contributed by atoms with van der Waals surface area (Å²) in [6.07, 6.45) is 4.51. The molecular weight excluding hydrogens is 232 g/mol. The van der Waals surface area contributed by atoms with Gasteiger partial charge in [0.1, 0.15) is 0 Å². The van der Waals surface area contributed by atoms with E-state index in [-0.39, 0.29) is 5.91 Å². The van der Waals surface area contributed by atoms with E-state index in [1.165, 1.54) is 0 Å². The summed E-state index contributed by atoms with van der Waals surface area (Å²) >= 11 is 0. The van der Waals surface area contributed by atoms with Crippen LogP contribution in [0.2, 0.25) is 0 Å². The normalized spacial score (nSPS) is 17.1. The van der Waals surface area contributed by atoms with Crippen molar-refractivity contribution in [2.75, 3.05) is 40.0 Å². The van der Waals surface area contributed by atoms with E-state index in [9.17, 15) is 4.79 Å². The highest BCUT2D eigenvalue weighted by molar-refractivity contribution is 5.76. The van der Waals surface area contributed by atoms with E-state index in [0.29, 0.717) is 25.7 Å². The summed E-state index contributed by atoms with van der Waals surface area (Å²) in [5.74, 6) is 0.243. The van der Waals surface area contributed by atoms with Crippen LogP contribution in [0.25, 0.3) is 0 Å². The molecule has 0 atom stereocenters. The molecule has 1 saturated heterocycles. The Morgan fingerprint density at radius 2 is 2.00 bits per heavy atom. The van der Waals surface area contributed by atoms with Crippen LogP contribution in [0.1, 0.15) is 32.1 Å². The molecule has 0 spiro atoms. The maximum Gasteiger partial charge on any atom is 0.222 e. The molecule has 0 aliphatic carbocycles. The fraction of sp³-hybridized carbons (Fsp3) is 0.923. The number of piperidine rings is 1. The number of amides is 1. The summed E-state index contributed by atoms with van der Waals surface area (Å²) < 4.78 is 10.7. The van der Waals surface area contributed by atoms with Crippen LogP contribution in [0.5, 0.6) is 0 Å². The van der Waals surface area contributed by atoms with Crippen molar-refractivity contribution in [3.63, 3.8) is 0 Å². The molecule has 18 heavy (non-hydrogen) atoms. The molecule has 1 fully saturated rings. The third-order valence-electron chi connectivity index (χ3n) is 3.24. The number of carbonyl (C=O) groups is 1. The van der Waals surface area contributed by atoms with Crippen LogP contribution in [0.15, 0.2) is 0 Å². The first-order valence-corrected chi connectivity index (χ1v) is 6.86. The second-order valence-corrected chi connectivity index (χ2v) is 4.69. The molecular formula is C13H26N2O3. The third kappa shape index (κ3) is 5.80. The maximum atomic E-state index is 11.9. The zero-order chi connectivity index (χ0) is 13.2. The monoisotopic (exact) mass is 258 g/mol. The van der Waals surface area contributed by atoms with E-state index in [1.807, 2.05) is 4.90 Å². The average molecular weight is 258 g/mol. The van der Waals surface area contributed by atoms with Crippen LogP contribution in [0, 0.1) is 0 Å². The Morgan fingerprint density at radius 3 is 2.61 bits per heavy atom. The maximum absolute atomic E-state index is 11.9. The number of hydrogen-bond donors (Lipinski definition) is 1. The Hall–Kier alpha value is -0.650. The molecule has 0 aromatic rings. The molecule has 0 aromatic heterocycles.